The lowest BCUT2D eigenvalue weighted by atomic mass is 10.1. The Balaban J connectivity index is 2.52. The monoisotopic (exact) mass is 329 g/mol. The Morgan fingerprint density at radius 2 is 1.88 bits per heavy atom. The molecule has 2 rings (SSSR count). The molecule has 0 amide bonds. The number of hydrogen-bond acceptors (Lipinski definition) is 4. The summed E-state index contributed by atoms with van der Waals surface area (Å²) in [4.78, 5) is 24.2. The molecule has 0 aliphatic heterocycles. The highest BCUT2D eigenvalue weighted by Crippen LogP contribution is 2.28. The maximum atomic E-state index is 12.6. The van der Waals surface area contributed by atoms with Gasteiger partial charge >= 0.3 is 12.1 Å². The van der Waals surface area contributed by atoms with Crippen LogP contribution in [-0.2, 0) is 14.3 Å². The second kappa shape index (κ2) is 6.91. The van der Waals surface area contributed by atoms with Gasteiger partial charge < -0.3 is 9.47 Å². The normalized spacial score (nSPS) is 11.9. The fraction of sp³-hybridized carbons (Fsp3) is 0.368. The minimum atomic E-state index is -0.587. The number of benzene rings is 1. The van der Waals surface area contributed by atoms with E-state index in [0.717, 1.165) is 16.5 Å². The molecule has 0 aliphatic carbocycles. The largest absolute Gasteiger partial charge is 0.463 e. The van der Waals surface area contributed by atoms with Gasteiger partial charge in [-0.05, 0) is 46.8 Å². The van der Waals surface area contributed by atoms with Gasteiger partial charge in [0.25, 0.3) is 0 Å². The first kappa shape index (κ1) is 17.8. The van der Waals surface area contributed by atoms with E-state index in [9.17, 15) is 9.59 Å². The summed E-state index contributed by atoms with van der Waals surface area (Å²) in [5, 5.41) is 0.876. The molecule has 0 unspecified atom stereocenters. The highest BCUT2D eigenvalue weighted by Gasteiger charge is 2.22. The molecule has 1 aromatic carbocycles. The van der Waals surface area contributed by atoms with Crippen molar-refractivity contribution in [2.75, 3.05) is 6.61 Å². The van der Waals surface area contributed by atoms with Gasteiger partial charge in [0.15, 0.2) is 0 Å². The number of rotatable bonds is 3. The molecule has 24 heavy (non-hydrogen) atoms. The predicted octanol–water partition coefficient (Wildman–Crippen LogP) is 4.31. The van der Waals surface area contributed by atoms with Gasteiger partial charge in [0.1, 0.15) is 5.60 Å². The van der Waals surface area contributed by atoms with Crippen molar-refractivity contribution in [2.45, 2.75) is 40.2 Å². The van der Waals surface area contributed by atoms with Gasteiger partial charge in [-0.25, -0.2) is 14.2 Å². The van der Waals surface area contributed by atoms with Crippen LogP contribution in [0.3, 0.4) is 0 Å². The molecule has 1 aromatic heterocycles. The number of ether oxygens (including phenoxy) is 2. The van der Waals surface area contributed by atoms with Crippen molar-refractivity contribution in [1.82, 2.24) is 4.57 Å². The Bertz CT molecular complexity index is 794. The van der Waals surface area contributed by atoms with E-state index >= 15 is 0 Å². The van der Waals surface area contributed by atoms with Crippen LogP contribution < -0.4 is 0 Å². The van der Waals surface area contributed by atoms with Crippen molar-refractivity contribution >= 4 is 29.0 Å². The molecule has 0 aliphatic rings. The molecule has 128 valence electrons. The molecular formula is C19H23NO4. The molecule has 0 N–H and O–H groups in total. The maximum Gasteiger partial charge on any atom is 0.419 e. The van der Waals surface area contributed by atoms with Crippen LogP contribution in [-0.4, -0.2) is 28.8 Å². The summed E-state index contributed by atoms with van der Waals surface area (Å²) in [7, 11) is 0. The number of carbonyl (C=O) groups excluding carboxylic acids is 2. The summed E-state index contributed by atoms with van der Waals surface area (Å²) in [6.45, 7) is 9.39. The number of carbonyl (C=O) groups is 2. The van der Waals surface area contributed by atoms with Crippen LogP contribution in [0, 0.1) is 6.92 Å². The van der Waals surface area contributed by atoms with Crippen molar-refractivity contribution in [3.8, 4) is 0 Å². The van der Waals surface area contributed by atoms with E-state index < -0.39 is 17.7 Å². The SMILES string of the molecule is CCOC(=O)/C=C/c1c(C)n(C(=O)OC(C)(C)C)c2ccccc12. The van der Waals surface area contributed by atoms with Gasteiger partial charge in [-0.15, -0.1) is 0 Å². The quantitative estimate of drug-likeness (QED) is 0.622. The van der Waals surface area contributed by atoms with Crippen LogP contribution >= 0.6 is 0 Å². The van der Waals surface area contributed by atoms with Crippen LogP contribution in [0.1, 0.15) is 39.0 Å². The first-order valence-corrected chi connectivity index (χ1v) is 7.93. The molecule has 0 saturated carbocycles. The summed E-state index contributed by atoms with van der Waals surface area (Å²) in [5.41, 5.74) is 1.67. The van der Waals surface area contributed by atoms with Crippen LogP contribution in [0.15, 0.2) is 30.3 Å². The minimum absolute atomic E-state index is 0.321. The van der Waals surface area contributed by atoms with E-state index in [4.69, 9.17) is 9.47 Å². The van der Waals surface area contributed by atoms with Crippen LogP contribution in [0.5, 0.6) is 0 Å². The molecule has 0 radical (unpaired) electrons. The number of fused-ring (bicyclic) bond motifs is 1. The average Bonchev–Trinajstić information content (AvgIpc) is 2.75. The lowest BCUT2D eigenvalue weighted by Crippen LogP contribution is -2.27. The smallest absolute Gasteiger partial charge is 0.419 e. The molecule has 0 saturated heterocycles. The number of aromatic nitrogens is 1. The molecule has 0 bridgehead atoms. The molecule has 2 aromatic rings. The van der Waals surface area contributed by atoms with Crippen molar-refractivity contribution in [1.29, 1.82) is 0 Å². The molecule has 0 atom stereocenters. The molecule has 0 fully saturated rings. The van der Waals surface area contributed by atoms with E-state index in [0.29, 0.717) is 12.3 Å². The van der Waals surface area contributed by atoms with Gasteiger partial charge in [0, 0.05) is 22.7 Å². The van der Waals surface area contributed by atoms with Crippen molar-refractivity contribution < 1.29 is 19.1 Å². The zero-order valence-electron chi connectivity index (χ0n) is 14.8. The zero-order valence-corrected chi connectivity index (χ0v) is 14.8. The Hall–Kier alpha value is -2.56. The first-order valence-electron chi connectivity index (χ1n) is 7.93. The van der Waals surface area contributed by atoms with Crippen LogP contribution in [0.4, 0.5) is 4.79 Å². The van der Waals surface area contributed by atoms with E-state index in [1.165, 1.54) is 10.6 Å². The highest BCUT2D eigenvalue weighted by atomic mass is 16.6. The van der Waals surface area contributed by atoms with E-state index in [-0.39, 0.29) is 0 Å². The van der Waals surface area contributed by atoms with Crippen LogP contribution in [0.2, 0.25) is 0 Å². The first-order chi connectivity index (χ1) is 11.2. The highest BCUT2D eigenvalue weighted by molar-refractivity contribution is 5.99. The van der Waals surface area contributed by atoms with Crippen molar-refractivity contribution in [3.63, 3.8) is 0 Å². The van der Waals surface area contributed by atoms with Gasteiger partial charge in [-0.1, -0.05) is 18.2 Å². The molecule has 5 nitrogen and oxygen atoms in total. The van der Waals surface area contributed by atoms with E-state index in [1.807, 2.05) is 52.0 Å². The second-order valence-electron chi connectivity index (χ2n) is 6.42. The minimum Gasteiger partial charge on any atom is -0.463 e. The number of esters is 1. The van der Waals surface area contributed by atoms with Gasteiger partial charge in [0.05, 0.1) is 12.1 Å². The summed E-state index contributed by atoms with van der Waals surface area (Å²) in [5.74, 6) is -0.411. The third-order valence-corrected chi connectivity index (χ3v) is 3.41. The topological polar surface area (TPSA) is 57.5 Å². The molecule has 0 spiro atoms. The van der Waals surface area contributed by atoms with E-state index in [1.54, 1.807) is 13.0 Å². The Morgan fingerprint density at radius 1 is 1.21 bits per heavy atom. The van der Waals surface area contributed by atoms with Gasteiger partial charge in [0.2, 0.25) is 0 Å². The molecule has 5 heteroatoms. The molecular weight excluding hydrogens is 306 g/mol. The molecule has 1 heterocycles. The summed E-state index contributed by atoms with van der Waals surface area (Å²) in [6, 6.07) is 7.52. The standard InChI is InChI=1S/C19H23NO4/c1-6-23-17(21)12-11-14-13(2)20(18(22)24-19(3,4)5)16-10-8-7-9-15(14)16/h7-12H,6H2,1-5H3/b12-11+. The maximum absolute atomic E-state index is 12.6. The lowest BCUT2D eigenvalue weighted by molar-refractivity contribution is -0.137. The van der Waals surface area contributed by atoms with Crippen molar-refractivity contribution in [3.05, 3.63) is 41.6 Å². The number of hydrogen-bond donors (Lipinski definition) is 0. The summed E-state index contributed by atoms with van der Waals surface area (Å²) in [6.07, 6.45) is 2.61. The van der Waals surface area contributed by atoms with E-state index in [2.05, 4.69) is 0 Å². The average molecular weight is 329 g/mol. The Kier molecular flexibility index (Phi) is 5.12. The fourth-order valence-electron chi connectivity index (χ4n) is 2.49. The Labute approximate surface area is 141 Å². The van der Waals surface area contributed by atoms with Gasteiger partial charge in [-0.3, -0.25) is 0 Å². The van der Waals surface area contributed by atoms with Crippen molar-refractivity contribution in [2.24, 2.45) is 0 Å². The fourth-order valence-corrected chi connectivity index (χ4v) is 2.49. The summed E-state index contributed by atoms with van der Waals surface area (Å²) >= 11 is 0. The Morgan fingerprint density at radius 3 is 2.50 bits per heavy atom. The zero-order chi connectivity index (χ0) is 17.9. The van der Waals surface area contributed by atoms with Crippen LogP contribution in [0.25, 0.3) is 17.0 Å². The third-order valence-electron chi connectivity index (χ3n) is 3.41. The van der Waals surface area contributed by atoms with Gasteiger partial charge in [-0.2, -0.15) is 0 Å². The number of nitrogens with zero attached hydrogens (tertiary/aromatic N) is 1. The predicted molar refractivity (Wildman–Crippen MR) is 94.0 cm³/mol. The number of para-hydroxylation sites is 1. The summed E-state index contributed by atoms with van der Waals surface area (Å²) < 4.78 is 11.9. The lowest BCUT2D eigenvalue weighted by Gasteiger charge is -2.20. The third kappa shape index (κ3) is 3.85. The second-order valence-corrected chi connectivity index (χ2v) is 6.42.